The van der Waals surface area contributed by atoms with Gasteiger partial charge in [0, 0.05) is 14.2 Å². The molecule has 0 bridgehead atoms. The summed E-state index contributed by atoms with van der Waals surface area (Å²) in [7, 11) is -6.40. The summed E-state index contributed by atoms with van der Waals surface area (Å²) in [5, 5.41) is 0. The first-order valence-corrected chi connectivity index (χ1v) is 5.41. The molecule has 10 heteroatoms. The van der Waals surface area contributed by atoms with E-state index in [4.69, 9.17) is 19.6 Å². The van der Waals surface area contributed by atoms with Gasteiger partial charge in [-0.25, -0.2) is 9.13 Å². The largest absolute Gasteiger partial charge is 0.469 e. The van der Waals surface area contributed by atoms with Gasteiger partial charge < -0.3 is 19.6 Å². The number of hydrogen-bond donors (Lipinski definition) is 4. The third-order valence-electron chi connectivity index (χ3n) is 0.476. The Morgan fingerprint density at radius 1 is 0.833 bits per heavy atom. The maximum Gasteiger partial charge on any atom is 0.469 e. The summed E-state index contributed by atoms with van der Waals surface area (Å²) in [5.41, 5.74) is 0. The molecule has 0 saturated carbocycles. The fourth-order valence-electron chi connectivity index (χ4n) is 0. The molecule has 0 aliphatic carbocycles. The Labute approximate surface area is 68.6 Å². The van der Waals surface area contributed by atoms with E-state index in [1.165, 1.54) is 0 Å². The van der Waals surface area contributed by atoms with E-state index >= 15 is 0 Å². The molecule has 0 spiro atoms. The third-order valence-corrected chi connectivity index (χ3v) is 1.43. The SMILES string of the molecule is COP(=O)(O)O.COP(=O)(O)O. The van der Waals surface area contributed by atoms with Crippen LogP contribution in [-0.2, 0) is 18.2 Å². The lowest BCUT2D eigenvalue weighted by Crippen LogP contribution is -1.76. The molecule has 0 aliphatic rings. The topological polar surface area (TPSA) is 134 Å². The van der Waals surface area contributed by atoms with Crippen LogP contribution < -0.4 is 0 Å². The van der Waals surface area contributed by atoms with Gasteiger partial charge in [-0.2, -0.15) is 0 Å². The molecular weight excluding hydrogens is 214 g/mol. The van der Waals surface area contributed by atoms with Gasteiger partial charge >= 0.3 is 15.6 Å². The second-order valence-corrected chi connectivity index (χ2v) is 4.04. The summed E-state index contributed by atoms with van der Waals surface area (Å²) >= 11 is 0. The van der Waals surface area contributed by atoms with Crippen LogP contribution in [0.3, 0.4) is 0 Å². The predicted octanol–water partition coefficient (Wildman–Crippen LogP) is -0.549. The molecule has 0 aromatic rings. The van der Waals surface area contributed by atoms with Gasteiger partial charge in [-0.05, 0) is 0 Å². The molecule has 76 valence electrons. The molecule has 0 amide bonds. The molecule has 0 radical (unpaired) electrons. The van der Waals surface area contributed by atoms with Crippen molar-refractivity contribution >= 4 is 15.6 Å². The molecule has 0 saturated heterocycles. The van der Waals surface area contributed by atoms with Gasteiger partial charge in [0.1, 0.15) is 0 Å². The summed E-state index contributed by atoms with van der Waals surface area (Å²) in [6.07, 6.45) is 0. The molecule has 0 atom stereocenters. The van der Waals surface area contributed by atoms with Crippen LogP contribution in [0.15, 0.2) is 0 Å². The number of rotatable bonds is 2. The lowest BCUT2D eigenvalue weighted by molar-refractivity contribution is 0.233. The van der Waals surface area contributed by atoms with E-state index < -0.39 is 15.6 Å². The van der Waals surface area contributed by atoms with Crippen LogP contribution in [0.1, 0.15) is 0 Å². The van der Waals surface area contributed by atoms with Crippen molar-refractivity contribution in [2.45, 2.75) is 0 Å². The van der Waals surface area contributed by atoms with Crippen LogP contribution in [0.5, 0.6) is 0 Å². The van der Waals surface area contributed by atoms with E-state index in [2.05, 4.69) is 9.05 Å². The molecule has 0 fully saturated rings. The van der Waals surface area contributed by atoms with Crippen molar-refractivity contribution in [3.63, 3.8) is 0 Å². The van der Waals surface area contributed by atoms with Crippen molar-refractivity contribution in [3.05, 3.63) is 0 Å². The van der Waals surface area contributed by atoms with Gasteiger partial charge in [-0.3, -0.25) is 9.05 Å². The smallest absolute Gasteiger partial charge is 0.303 e. The van der Waals surface area contributed by atoms with Crippen molar-refractivity contribution in [1.82, 2.24) is 0 Å². The quantitative estimate of drug-likeness (QED) is 0.459. The van der Waals surface area contributed by atoms with Crippen LogP contribution in [0.2, 0.25) is 0 Å². The Hall–Kier alpha value is 0.220. The molecule has 8 nitrogen and oxygen atoms in total. The van der Waals surface area contributed by atoms with Crippen molar-refractivity contribution in [3.8, 4) is 0 Å². The highest BCUT2D eigenvalue weighted by atomic mass is 31.2. The minimum Gasteiger partial charge on any atom is -0.303 e. The lowest BCUT2D eigenvalue weighted by Gasteiger charge is -1.93. The van der Waals surface area contributed by atoms with Gasteiger partial charge in [-0.1, -0.05) is 0 Å². The van der Waals surface area contributed by atoms with E-state index in [1.54, 1.807) is 0 Å². The summed E-state index contributed by atoms with van der Waals surface area (Å²) in [6, 6.07) is 0. The normalized spacial score (nSPS) is 11.8. The summed E-state index contributed by atoms with van der Waals surface area (Å²) < 4.78 is 26.2. The second-order valence-electron chi connectivity index (χ2n) is 1.35. The molecule has 12 heavy (non-hydrogen) atoms. The van der Waals surface area contributed by atoms with E-state index in [0.29, 0.717) is 0 Å². The molecule has 0 unspecified atom stereocenters. The van der Waals surface area contributed by atoms with E-state index in [0.717, 1.165) is 14.2 Å². The minimum atomic E-state index is -4.15. The Bertz CT molecular complexity index is 165. The first kappa shape index (κ1) is 14.7. The van der Waals surface area contributed by atoms with Crippen molar-refractivity contribution in [1.29, 1.82) is 0 Å². The van der Waals surface area contributed by atoms with E-state index in [1.807, 2.05) is 0 Å². The Balaban J connectivity index is 0. The predicted molar refractivity (Wildman–Crippen MR) is 38.1 cm³/mol. The second kappa shape index (κ2) is 5.80. The van der Waals surface area contributed by atoms with Crippen LogP contribution >= 0.6 is 15.6 Å². The first-order valence-electron chi connectivity index (χ1n) is 2.35. The van der Waals surface area contributed by atoms with Crippen molar-refractivity contribution < 1.29 is 37.8 Å². The maximum absolute atomic E-state index is 9.47. The molecule has 0 aliphatic heterocycles. The summed E-state index contributed by atoms with van der Waals surface area (Å²) in [6.45, 7) is 0. The number of phosphoric acid groups is 2. The highest BCUT2D eigenvalue weighted by molar-refractivity contribution is 7.46. The molecule has 0 aromatic carbocycles. The average Bonchev–Trinajstić information content (AvgIpc) is 1.86. The van der Waals surface area contributed by atoms with Gasteiger partial charge in [-0.15, -0.1) is 0 Å². The van der Waals surface area contributed by atoms with Crippen LogP contribution in [0, 0.1) is 0 Å². The Morgan fingerprint density at radius 3 is 0.917 bits per heavy atom. The zero-order valence-corrected chi connectivity index (χ0v) is 8.11. The summed E-state index contributed by atoms with van der Waals surface area (Å²) in [5.74, 6) is 0. The Kier molecular flexibility index (Phi) is 7.11. The average molecular weight is 224 g/mol. The van der Waals surface area contributed by atoms with Crippen LogP contribution in [0.4, 0.5) is 0 Å². The van der Waals surface area contributed by atoms with Crippen LogP contribution in [-0.4, -0.2) is 33.8 Å². The van der Waals surface area contributed by atoms with Gasteiger partial charge in [0.05, 0.1) is 0 Å². The van der Waals surface area contributed by atoms with Crippen LogP contribution in [0.25, 0.3) is 0 Å². The molecule has 0 rings (SSSR count). The zero-order valence-electron chi connectivity index (χ0n) is 6.32. The van der Waals surface area contributed by atoms with Gasteiger partial charge in [0.15, 0.2) is 0 Å². The number of hydrogen-bond acceptors (Lipinski definition) is 4. The molecule has 0 aromatic heterocycles. The van der Waals surface area contributed by atoms with Crippen molar-refractivity contribution in [2.75, 3.05) is 14.2 Å². The van der Waals surface area contributed by atoms with Gasteiger partial charge in [0.25, 0.3) is 0 Å². The van der Waals surface area contributed by atoms with E-state index in [9.17, 15) is 9.13 Å². The summed E-state index contributed by atoms with van der Waals surface area (Å²) in [4.78, 5) is 30.9. The zero-order chi connectivity index (χ0) is 10.4. The van der Waals surface area contributed by atoms with Crippen molar-refractivity contribution in [2.24, 2.45) is 0 Å². The first-order chi connectivity index (χ1) is 5.12. The molecule has 0 heterocycles. The third kappa shape index (κ3) is 22.5. The van der Waals surface area contributed by atoms with Gasteiger partial charge in [0.2, 0.25) is 0 Å². The molecule has 4 N–H and O–H groups in total. The minimum absolute atomic E-state index is 0.945. The lowest BCUT2D eigenvalue weighted by atomic mass is 11.8. The highest BCUT2D eigenvalue weighted by Crippen LogP contribution is 2.33. The molecular formula is C2H10O8P2. The highest BCUT2D eigenvalue weighted by Gasteiger charge is 2.07. The fraction of sp³-hybridized carbons (Fsp3) is 1.00. The fourth-order valence-corrected chi connectivity index (χ4v) is 0. The standard InChI is InChI=1S/2CH5O4P/c2*1-5-6(2,3)4/h2*1H3,(H2,2,3,4). The maximum atomic E-state index is 9.47. The Morgan fingerprint density at radius 2 is 0.917 bits per heavy atom. The van der Waals surface area contributed by atoms with E-state index in [-0.39, 0.29) is 0 Å². The number of phosphoric ester groups is 2. The monoisotopic (exact) mass is 224 g/mol.